The van der Waals surface area contributed by atoms with Crippen LogP contribution in [-0.4, -0.2) is 0 Å². The lowest BCUT2D eigenvalue weighted by Gasteiger charge is -2.31. The summed E-state index contributed by atoms with van der Waals surface area (Å²) >= 11 is 0. The Bertz CT molecular complexity index is 2260. The van der Waals surface area contributed by atoms with Gasteiger partial charge in [0.15, 0.2) is 0 Å². The van der Waals surface area contributed by atoms with E-state index in [4.69, 9.17) is 0 Å². The average Bonchev–Trinajstić information content (AvgIpc) is 3.55. The summed E-state index contributed by atoms with van der Waals surface area (Å²) in [6.07, 6.45) is 0. The van der Waals surface area contributed by atoms with Gasteiger partial charge >= 0.3 is 0 Å². The van der Waals surface area contributed by atoms with Crippen molar-refractivity contribution in [2.24, 2.45) is 0 Å². The highest BCUT2D eigenvalue weighted by molar-refractivity contribution is 6.29. The molecule has 0 heterocycles. The Morgan fingerprint density at radius 1 is 0.279 bits per heavy atom. The van der Waals surface area contributed by atoms with Crippen molar-refractivity contribution in [3.63, 3.8) is 0 Å². The standard InChI is InChI=1S/C43H26/c1-3-11-27(12-4-1)29-21-23-37-35(25-29)36-26-30(28-13-5-2-6-14-28)22-24-38(36)43(37)39-19-9-17-33-31-15-7-8-16-32(31)34-18-10-20-40(43)42(34)41(33)39/h1-26H. The summed E-state index contributed by atoms with van der Waals surface area (Å²) in [6, 6.07) is 58.9. The predicted molar refractivity (Wildman–Crippen MR) is 181 cm³/mol. The van der Waals surface area contributed by atoms with Gasteiger partial charge < -0.3 is 0 Å². The number of rotatable bonds is 2. The Morgan fingerprint density at radius 3 is 1.16 bits per heavy atom. The van der Waals surface area contributed by atoms with Crippen LogP contribution in [0.5, 0.6) is 0 Å². The van der Waals surface area contributed by atoms with E-state index in [2.05, 4.69) is 158 Å². The van der Waals surface area contributed by atoms with E-state index >= 15 is 0 Å². The van der Waals surface area contributed by atoms with E-state index in [1.165, 1.54) is 88.0 Å². The van der Waals surface area contributed by atoms with Gasteiger partial charge in [-0.3, -0.25) is 0 Å². The summed E-state index contributed by atoms with van der Waals surface area (Å²) < 4.78 is 0. The van der Waals surface area contributed by atoms with Crippen LogP contribution in [0.3, 0.4) is 0 Å². The maximum absolute atomic E-state index is 2.44. The van der Waals surface area contributed by atoms with Crippen molar-refractivity contribution in [3.8, 4) is 33.4 Å². The second-order valence-electron chi connectivity index (χ2n) is 12.0. The average molecular weight is 543 g/mol. The monoisotopic (exact) mass is 542 g/mol. The van der Waals surface area contributed by atoms with Gasteiger partial charge in [-0.25, -0.2) is 0 Å². The first kappa shape index (κ1) is 23.1. The highest BCUT2D eigenvalue weighted by Gasteiger charge is 2.51. The summed E-state index contributed by atoms with van der Waals surface area (Å²) in [6.45, 7) is 0. The van der Waals surface area contributed by atoms with Gasteiger partial charge in [0.05, 0.1) is 5.41 Å². The molecule has 10 rings (SSSR count). The molecule has 0 aliphatic heterocycles. The normalized spacial score (nSPS) is 13.8. The fourth-order valence-corrected chi connectivity index (χ4v) is 8.35. The summed E-state index contributed by atoms with van der Waals surface area (Å²) in [5.74, 6) is 0. The second-order valence-corrected chi connectivity index (χ2v) is 12.0. The smallest absolute Gasteiger partial charge is 0.0622 e. The molecule has 8 aromatic rings. The molecule has 0 unspecified atom stereocenters. The van der Waals surface area contributed by atoms with Gasteiger partial charge in [-0.15, -0.1) is 0 Å². The first-order valence-corrected chi connectivity index (χ1v) is 15.1. The number of hydrogen-bond acceptors (Lipinski definition) is 0. The Balaban J connectivity index is 1.37. The molecule has 0 nitrogen and oxygen atoms in total. The van der Waals surface area contributed by atoms with Crippen LogP contribution in [-0.2, 0) is 5.41 Å². The van der Waals surface area contributed by atoms with Gasteiger partial charge in [-0.2, -0.15) is 0 Å². The van der Waals surface area contributed by atoms with Gasteiger partial charge in [-0.05, 0) is 100 Å². The summed E-state index contributed by atoms with van der Waals surface area (Å²) in [4.78, 5) is 0. The SMILES string of the molecule is c1ccc(-c2ccc3c(c2)-c2cc(-c4ccccc4)ccc2C32c3cccc4c5ccccc5c5cccc2c5c34)cc1. The van der Waals surface area contributed by atoms with E-state index < -0.39 is 0 Å². The molecular weight excluding hydrogens is 516 g/mol. The number of benzene rings is 8. The van der Waals surface area contributed by atoms with E-state index in [9.17, 15) is 0 Å². The molecule has 0 aromatic heterocycles. The molecule has 0 fully saturated rings. The number of hydrogen-bond donors (Lipinski definition) is 0. The molecule has 0 saturated carbocycles. The molecule has 8 aromatic carbocycles. The fraction of sp³-hybridized carbons (Fsp3) is 0.0233. The quantitative estimate of drug-likeness (QED) is 0.191. The fourth-order valence-electron chi connectivity index (χ4n) is 8.35. The summed E-state index contributed by atoms with van der Waals surface area (Å²) in [7, 11) is 0. The molecule has 0 saturated heterocycles. The van der Waals surface area contributed by atoms with Crippen LogP contribution in [0.25, 0.3) is 65.7 Å². The lowest BCUT2D eigenvalue weighted by Crippen LogP contribution is -2.26. The van der Waals surface area contributed by atoms with Gasteiger partial charge in [0.1, 0.15) is 0 Å². The molecular formula is C43H26. The molecule has 198 valence electrons. The third kappa shape index (κ3) is 2.86. The third-order valence-corrected chi connectivity index (χ3v) is 10.0. The molecule has 0 atom stereocenters. The van der Waals surface area contributed by atoms with E-state index in [0.29, 0.717) is 0 Å². The number of fused-ring (bicyclic) bond motifs is 10. The van der Waals surface area contributed by atoms with E-state index in [0.717, 1.165) is 0 Å². The molecule has 2 aliphatic carbocycles. The molecule has 0 amide bonds. The maximum atomic E-state index is 2.44. The zero-order valence-electron chi connectivity index (χ0n) is 23.5. The molecule has 1 spiro atoms. The zero-order chi connectivity index (χ0) is 28.1. The highest BCUT2D eigenvalue weighted by Crippen LogP contribution is 2.63. The first-order valence-electron chi connectivity index (χ1n) is 15.1. The van der Waals surface area contributed by atoms with Crippen molar-refractivity contribution >= 4 is 32.3 Å². The van der Waals surface area contributed by atoms with Crippen LogP contribution in [0.4, 0.5) is 0 Å². The Morgan fingerprint density at radius 2 is 0.698 bits per heavy atom. The lowest BCUT2D eigenvalue weighted by atomic mass is 9.70. The summed E-state index contributed by atoms with van der Waals surface area (Å²) in [5.41, 5.74) is 12.9. The molecule has 0 radical (unpaired) electrons. The highest BCUT2D eigenvalue weighted by atomic mass is 14.5. The van der Waals surface area contributed by atoms with Crippen LogP contribution in [0.2, 0.25) is 0 Å². The Kier molecular flexibility index (Phi) is 4.47. The molecule has 2 aliphatic rings. The van der Waals surface area contributed by atoms with Crippen LogP contribution in [0.1, 0.15) is 22.3 Å². The summed E-state index contributed by atoms with van der Waals surface area (Å²) in [5, 5.41) is 8.18. The van der Waals surface area contributed by atoms with Gasteiger partial charge in [-0.1, -0.05) is 146 Å². The Hall–Kier alpha value is -5.46. The minimum Gasteiger partial charge on any atom is -0.0622 e. The molecule has 43 heavy (non-hydrogen) atoms. The minimum atomic E-state index is -0.367. The van der Waals surface area contributed by atoms with Crippen LogP contribution in [0, 0.1) is 0 Å². The van der Waals surface area contributed by atoms with Crippen molar-refractivity contribution in [2.45, 2.75) is 5.41 Å². The first-order chi connectivity index (χ1) is 21.3. The predicted octanol–water partition coefficient (Wildman–Crippen LogP) is 11.2. The van der Waals surface area contributed by atoms with E-state index in [-0.39, 0.29) is 5.41 Å². The molecule has 0 heteroatoms. The van der Waals surface area contributed by atoms with Gasteiger partial charge in [0.2, 0.25) is 0 Å². The van der Waals surface area contributed by atoms with Crippen molar-refractivity contribution in [3.05, 3.63) is 180 Å². The van der Waals surface area contributed by atoms with Crippen molar-refractivity contribution in [1.82, 2.24) is 0 Å². The van der Waals surface area contributed by atoms with Crippen molar-refractivity contribution < 1.29 is 0 Å². The van der Waals surface area contributed by atoms with Crippen LogP contribution >= 0.6 is 0 Å². The lowest BCUT2D eigenvalue weighted by molar-refractivity contribution is 0.797. The zero-order valence-corrected chi connectivity index (χ0v) is 23.5. The van der Waals surface area contributed by atoms with Crippen molar-refractivity contribution in [1.29, 1.82) is 0 Å². The van der Waals surface area contributed by atoms with Crippen molar-refractivity contribution in [2.75, 3.05) is 0 Å². The van der Waals surface area contributed by atoms with E-state index in [1.54, 1.807) is 0 Å². The Labute approximate surface area is 250 Å². The second kappa shape index (κ2) is 8.31. The largest absolute Gasteiger partial charge is 0.0726 e. The molecule has 0 bridgehead atoms. The van der Waals surface area contributed by atoms with Crippen LogP contribution < -0.4 is 0 Å². The molecule has 0 N–H and O–H groups in total. The van der Waals surface area contributed by atoms with Gasteiger partial charge in [0.25, 0.3) is 0 Å². The third-order valence-electron chi connectivity index (χ3n) is 10.0. The van der Waals surface area contributed by atoms with E-state index in [1.807, 2.05) is 0 Å². The maximum Gasteiger partial charge on any atom is 0.0726 e. The topological polar surface area (TPSA) is 0 Å². The van der Waals surface area contributed by atoms with Crippen LogP contribution in [0.15, 0.2) is 158 Å². The minimum absolute atomic E-state index is 0.367. The van der Waals surface area contributed by atoms with Gasteiger partial charge in [0, 0.05) is 0 Å².